The van der Waals surface area contributed by atoms with Crippen LogP contribution in [0.2, 0.25) is 0 Å². The number of nitriles is 1. The maximum absolute atomic E-state index is 13.0. The molecule has 0 aromatic heterocycles. The predicted octanol–water partition coefficient (Wildman–Crippen LogP) is 4.05. The second kappa shape index (κ2) is 5.33. The number of rotatable bonds is 3. The minimum absolute atomic E-state index is 0.192. The monoisotopic (exact) mass is 241 g/mol. The van der Waals surface area contributed by atoms with Crippen LogP contribution in [-0.2, 0) is 6.42 Å². The van der Waals surface area contributed by atoms with Gasteiger partial charge in [-0.05, 0) is 42.3 Å². The van der Waals surface area contributed by atoms with Gasteiger partial charge in [0, 0.05) is 0 Å². The summed E-state index contributed by atoms with van der Waals surface area (Å²) in [5.74, 6) is 0.575. The Hall–Kier alpha value is -2.34. The molecule has 2 nitrogen and oxygen atoms in total. The first-order valence-corrected chi connectivity index (χ1v) is 5.69. The Morgan fingerprint density at radius 2 is 2.06 bits per heavy atom. The minimum Gasteiger partial charge on any atom is -0.456 e. The standard InChI is InChI=1S/C15H12FNO/c1-2-11-4-3-5-14(8-11)18-15-7-6-13(16)9-12(15)10-17/h3-9H,2H2,1H3. The highest BCUT2D eigenvalue weighted by Gasteiger charge is 2.06. The number of ether oxygens (including phenoxy) is 1. The summed E-state index contributed by atoms with van der Waals surface area (Å²) in [6.07, 6.45) is 0.908. The molecule has 2 aromatic carbocycles. The highest BCUT2D eigenvalue weighted by Crippen LogP contribution is 2.26. The molecule has 0 aliphatic heterocycles. The lowest BCUT2D eigenvalue weighted by molar-refractivity contribution is 0.478. The molecule has 0 saturated carbocycles. The van der Waals surface area contributed by atoms with Gasteiger partial charge in [0.1, 0.15) is 23.4 Å². The van der Waals surface area contributed by atoms with Crippen LogP contribution in [0.5, 0.6) is 11.5 Å². The van der Waals surface area contributed by atoms with Crippen molar-refractivity contribution in [1.82, 2.24) is 0 Å². The molecule has 3 heteroatoms. The first kappa shape index (κ1) is 12.1. The van der Waals surface area contributed by atoms with E-state index in [1.165, 1.54) is 18.2 Å². The fraction of sp³-hybridized carbons (Fsp3) is 0.133. The Morgan fingerprint density at radius 3 is 2.78 bits per heavy atom. The molecule has 0 saturated heterocycles. The largest absolute Gasteiger partial charge is 0.456 e. The molecule has 0 heterocycles. The van der Waals surface area contributed by atoms with Crippen LogP contribution in [-0.4, -0.2) is 0 Å². The van der Waals surface area contributed by atoms with Gasteiger partial charge in [0.2, 0.25) is 0 Å². The third-order valence-corrected chi connectivity index (χ3v) is 2.60. The molecule has 0 fully saturated rings. The maximum Gasteiger partial charge on any atom is 0.145 e. The molecule has 0 aliphatic rings. The van der Waals surface area contributed by atoms with Crippen molar-refractivity contribution in [2.24, 2.45) is 0 Å². The molecule has 18 heavy (non-hydrogen) atoms. The Labute approximate surface area is 105 Å². The Morgan fingerprint density at radius 1 is 1.22 bits per heavy atom. The molecule has 0 atom stereocenters. The molecule has 0 spiro atoms. The smallest absolute Gasteiger partial charge is 0.145 e. The molecular weight excluding hydrogens is 229 g/mol. The van der Waals surface area contributed by atoms with Crippen molar-refractivity contribution in [1.29, 1.82) is 5.26 Å². The van der Waals surface area contributed by atoms with Gasteiger partial charge in [0.05, 0.1) is 5.56 Å². The average molecular weight is 241 g/mol. The summed E-state index contributed by atoms with van der Waals surface area (Å²) in [6.45, 7) is 2.05. The van der Waals surface area contributed by atoms with Gasteiger partial charge in [-0.3, -0.25) is 0 Å². The van der Waals surface area contributed by atoms with E-state index in [-0.39, 0.29) is 5.56 Å². The van der Waals surface area contributed by atoms with Gasteiger partial charge in [-0.25, -0.2) is 4.39 Å². The number of hydrogen-bond donors (Lipinski definition) is 0. The summed E-state index contributed by atoms with van der Waals surface area (Å²) in [5, 5.41) is 8.92. The normalized spacial score (nSPS) is 9.83. The molecule has 2 aromatic rings. The number of benzene rings is 2. The fourth-order valence-electron chi connectivity index (χ4n) is 1.63. The molecule has 0 amide bonds. The van der Waals surface area contributed by atoms with E-state index < -0.39 is 5.82 Å². The highest BCUT2D eigenvalue weighted by atomic mass is 19.1. The molecule has 90 valence electrons. The van der Waals surface area contributed by atoms with Gasteiger partial charge in [-0.15, -0.1) is 0 Å². The molecule has 0 aliphatic carbocycles. The van der Waals surface area contributed by atoms with E-state index in [0.717, 1.165) is 12.0 Å². The first-order valence-electron chi connectivity index (χ1n) is 5.69. The molecular formula is C15H12FNO. The minimum atomic E-state index is -0.443. The zero-order valence-electron chi connectivity index (χ0n) is 9.98. The number of hydrogen-bond acceptors (Lipinski definition) is 2. The van der Waals surface area contributed by atoms with Gasteiger partial charge >= 0.3 is 0 Å². The summed E-state index contributed by atoms with van der Waals surface area (Å²) in [6, 6.07) is 13.4. The van der Waals surface area contributed by atoms with Crippen molar-refractivity contribution >= 4 is 0 Å². The third-order valence-electron chi connectivity index (χ3n) is 2.60. The van der Waals surface area contributed by atoms with Crippen LogP contribution in [0.15, 0.2) is 42.5 Å². The van der Waals surface area contributed by atoms with E-state index in [9.17, 15) is 4.39 Å². The Bertz CT molecular complexity index is 602. The van der Waals surface area contributed by atoms with E-state index >= 15 is 0 Å². The van der Waals surface area contributed by atoms with Crippen molar-refractivity contribution in [3.8, 4) is 17.6 Å². The fourth-order valence-corrected chi connectivity index (χ4v) is 1.63. The zero-order valence-corrected chi connectivity index (χ0v) is 9.98. The SMILES string of the molecule is CCc1cccc(Oc2ccc(F)cc2C#N)c1. The van der Waals surface area contributed by atoms with Crippen LogP contribution in [0, 0.1) is 17.1 Å². The van der Waals surface area contributed by atoms with E-state index in [2.05, 4.69) is 6.92 Å². The van der Waals surface area contributed by atoms with Gasteiger partial charge in [-0.1, -0.05) is 19.1 Å². The van der Waals surface area contributed by atoms with Gasteiger partial charge in [-0.2, -0.15) is 5.26 Å². The summed E-state index contributed by atoms with van der Waals surface area (Å²) in [4.78, 5) is 0. The quantitative estimate of drug-likeness (QED) is 0.812. The lowest BCUT2D eigenvalue weighted by Crippen LogP contribution is -1.90. The van der Waals surface area contributed by atoms with Crippen LogP contribution in [0.3, 0.4) is 0 Å². The lowest BCUT2D eigenvalue weighted by atomic mass is 10.1. The zero-order chi connectivity index (χ0) is 13.0. The van der Waals surface area contributed by atoms with Crippen LogP contribution < -0.4 is 4.74 Å². The third kappa shape index (κ3) is 2.67. The maximum atomic E-state index is 13.0. The topological polar surface area (TPSA) is 33.0 Å². The molecule has 0 radical (unpaired) electrons. The summed E-state index contributed by atoms with van der Waals surface area (Å²) < 4.78 is 18.6. The summed E-state index contributed by atoms with van der Waals surface area (Å²) >= 11 is 0. The van der Waals surface area contributed by atoms with Crippen molar-refractivity contribution in [2.75, 3.05) is 0 Å². The van der Waals surface area contributed by atoms with E-state index in [4.69, 9.17) is 10.00 Å². The van der Waals surface area contributed by atoms with E-state index in [1.54, 1.807) is 0 Å². The molecule has 0 N–H and O–H groups in total. The Balaban J connectivity index is 2.31. The van der Waals surface area contributed by atoms with Crippen molar-refractivity contribution in [3.63, 3.8) is 0 Å². The molecule has 0 unspecified atom stereocenters. The average Bonchev–Trinajstić information content (AvgIpc) is 2.41. The van der Waals surface area contributed by atoms with Gasteiger partial charge in [0.25, 0.3) is 0 Å². The molecule has 0 bridgehead atoms. The van der Waals surface area contributed by atoms with Crippen molar-refractivity contribution in [3.05, 3.63) is 59.4 Å². The number of aryl methyl sites for hydroxylation is 1. The number of nitrogens with zero attached hydrogens (tertiary/aromatic N) is 1. The van der Waals surface area contributed by atoms with Gasteiger partial charge < -0.3 is 4.74 Å². The van der Waals surface area contributed by atoms with Crippen molar-refractivity contribution in [2.45, 2.75) is 13.3 Å². The van der Waals surface area contributed by atoms with Gasteiger partial charge in [0.15, 0.2) is 0 Å². The Kier molecular flexibility index (Phi) is 3.59. The second-order valence-corrected chi connectivity index (χ2v) is 3.86. The van der Waals surface area contributed by atoms with E-state index in [1.807, 2.05) is 30.3 Å². The first-order chi connectivity index (χ1) is 8.72. The molecule has 2 rings (SSSR count). The summed E-state index contributed by atoms with van der Waals surface area (Å²) in [5.41, 5.74) is 1.34. The summed E-state index contributed by atoms with van der Waals surface area (Å²) in [7, 11) is 0. The van der Waals surface area contributed by atoms with Crippen LogP contribution >= 0.6 is 0 Å². The van der Waals surface area contributed by atoms with Crippen molar-refractivity contribution < 1.29 is 9.13 Å². The van der Waals surface area contributed by atoms with E-state index in [0.29, 0.717) is 11.5 Å². The van der Waals surface area contributed by atoms with Crippen LogP contribution in [0.4, 0.5) is 4.39 Å². The predicted molar refractivity (Wildman–Crippen MR) is 67.0 cm³/mol. The van der Waals surface area contributed by atoms with Crippen LogP contribution in [0.25, 0.3) is 0 Å². The highest BCUT2D eigenvalue weighted by molar-refractivity contribution is 5.45. The lowest BCUT2D eigenvalue weighted by Gasteiger charge is -2.08. The van der Waals surface area contributed by atoms with Crippen LogP contribution in [0.1, 0.15) is 18.1 Å². The second-order valence-electron chi connectivity index (χ2n) is 3.86. The number of halogens is 1.